The largest absolute Gasteiger partial charge is 0.495 e. The van der Waals surface area contributed by atoms with Crippen LogP contribution in [-0.4, -0.2) is 139 Å². The number of allylic oxidation sites excluding steroid dienone is 3. The normalized spacial score (nSPS) is 26.3. The van der Waals surface area contributed by atoms with Crippen LogP contribution in [0.2, 0.25) is 5.02 Å². The third-order valence-corrected chi connectivity index (χ3v) is 16.5. The van der Waals surface area contributed by atoms with Crippen molar-refractivity contribution in [1.29, 1.82) is 0 Å². The minimum absolute atomic E-state index is 0. The van der Waals surface area contributed by atoms with Gasteiger partial charge in [-0.15, -0.1) is 0 Å². The Bertz CT molecular complexity index is 2780. The highest BCUT2D eigenvalue weighted by Gasteiger charge is 2.64. The molecule has 3 fully saturated rings. The number of carbonyl (C=O) groups excluding carboxylic acids is 9. The van der Waals surface area contributed by atoms with E-state index in [2.05, 4.69) is 16.0 Å². The first-order valence-electron chi connectivity index (χ1n) is 28.2. The molecule has 2 aromatic rings. The van der Waals surface area contributed by atoms with Gasteiger partial charge in [0.05, 0.1) is 37.8 Å². The number of halogens is 1. The number of epoxide rings is 1. The molecule has 3 saturated heterocycles. The molecular formula is C60H83ClN6O15S. The third kappa shape index (κ3) is 17.9. The zero-order chi connectivity index (χ0) is 60.2. The molecule has 23 heteroatoms. The van der Waals surface area contributed by atoms with Crippen LogP contribution in [0.3, 0.4) is 0 Å². The predicted octanol–water partition coefficient (Wildman–Crippen LogP) is 6.97. The van der Waals surface area contributed by atoms with Gasteiger partial charge in [-0.25, -0.2) is 9.59 Å². The maximum absolute atomic E-state index is 14.4. The highest BCUT2D eigenvalue weighted by atomic mass is 35.5. The highest BCUT2D eigenvalue weighted by Crippen LogP contribution is 2.50. The van der Waals surface area contributed by atoms with Crippen LogP contribution in [-0.2, 0) is 65.4 Å². The van der Waals surface area contributed by atoms with Crippen molar-refractivity contribution in [3.8, 4) is 5.75 Å². The monoisotopic (exact) mass is 1190 g/mol. The van der Waals surface area contributed by atoms with Gasteiger partial charge in [0.15, 0.2) is 5.78 Å². The Balaban J connectivity index is 0.0000126. The van der Waals surface area contributed by atoms with E-state index in [0.29, 0.717) is 55.6 Å². The number of rotatable bonds is 22. The lowest BCUT2D eigenvalue weighted by atomic mass is 9.78. The molecule has 0 aromatic heterocycles. The smallest absolute Gasteiger partial charge is 0.412 e. The number of nitrogens with two attached hydrogens (primary N) is 1. The number of esters is 1. The van der Waals surface area contributed by atoms with Crippen LogP contribution in [0.1, 0.15) is 123 Å². The van der Waals surface area contributed by atoms with E-state index < -0.39 is 83.4 Å². The Morgan fingerprint density at radius 1 is 0.976 bits per heavy atom. The van der Waals surface area contributed by atoms with Crippen LogP contribution < -0.4 is 31.3 Å². The molecular weight excluding hydrogens is 1110 g/mol. The number of ether oxygens (including phenoxy) is 5. The van der Waals surface area contributed by atoms with Crippen LogP contribution in [0.25, 0.3) is 0 Å². The first-order chi connectivity index (χ1) is 38.8. The summed E-state index contributed by atoms with van der Waals surface area (Å²) in [7, 11) is 4.47. The highest BCUT2D eigenvalue weighted by molar-refractivity contribution is 7.59. The van der Waals surface area contributed by atoms with E-state index in [0.717, 1.165) is 11.1 Å². The zero-order valence-electron chi connectivity index (χ0n) is 49.0. The molecule has 4 aliphatic rings. The van der Waals surface area contributed by atoms with Gasteiger partial charge in [-0.2, -0.15) is 13.5 Å². The molecule has 6 N–H and O–H groups in total. The summed E-state index contributed by atoms with van der Waals surface area (Å²) in [5, 5.41) is 20.3. The minimum Gasteiger partial charge on any atom is -0.495 e. The molecule has 0 aliphatic carbocycles. The lowest BCUT2D eigenvalue weighted by Gasteiger charge is -2.41. The molecule has 83 heavy (non-hydrogen) atoms. The summed E-state index contributed by atoms with van der Waals surface area (Å²) < 4.78 is 29.6. The molecule has 10 atom stereocenters. The molecule has 21 nitrogen and oxygen atoms in total. The number of hydrogen-bond donors (Lipinski definition) is 5. The first-order valence-corrected chi connectivity index (χ1v) is 28.5. The van der Waals surface area contributed by atoms with E-state index in [1.165, 1.54) is 24.0 Å². The molecule has 4 bridgehead atoms. The second-order valence-electron chi connectivity index (χ2n) is 22.9. The van der Waals surface area contributed by atoms with E-state index in [1.807, 2.05) is 26.8 Å². The SMILES string of the molecule is COc1cc2cc(c1Cl)N(C)C(=O)C[C@H](OC(=O)Nc1ccc(CC(=O)[C@H](CCCNC(N)=O)NC(=O)[C@@H](CC(=O)CCCCCN3C(=O)CC(C)C3=O)C(C)C)cc1)[C@]1(C)O[C@H]1[C@H](C)[C@@H]1C[C@@](O)(CC(=O)O1)[C@H](OC)/C=C/C=C(\C)C2.S. The standard InChI is InChI=1S/C60H81ClN6O15.H2S/c1-34(2)42(30-41(68)16-11-10-12-24-67-51(71)26-36(4)56(67)74)55(73)65-43(17-14-23-63-57(62)75)45(69)28-38-19-21-40(22-20-38)64-58(76)81-49-31-50(70)66(7)44-27-39(29-46(78-8)53(44)61)25-35(3)15-13-18-48(79-9)60(77)32-47(80-52(72)33-60)37(5)54-59(49,6)82-54;/h13,15,18-22,27,29,34,36-37,42-43,47-49,54,77H,10-12,14,16-17,23-26,28,30-33H2,1-9H3,(H,64,76)(H,65,73)(H3,62,63,75);1H2/b18-13+,35-15+;/t36?,37-,42+,43+,47+,48-,49+,54+,59+,60-;/m1./s1. The van der Waals surface area contributed by atoms with E-state index in [-0.39, 0.29) is 117 Å². The average molecular weight is 1200 g/mol. The fourth-order valence-corrected chi connectivity index (χ4v) is 11.4. The second kappa shape index (κ2) is 30.0. The number of anilines is 2. The number of unbranched alkanes of at least 4 members (excludes halogenated alkanes) is 2. The zero-order valence-corrected chi connectivity index (χ0v) is 50.8. The number of methoxy groups -OCH3 is 2. The van der Waals surface area contributed by atoms with Crippen LogP contribution >= 0.6 is 25.1 Å². The Hall–Kier alpha value is -6.33. The molecule has 0 radical (unpaired) electrons. The Morgan fingerprint density at radius 3 is 2.33 bits per heavy atom. The van der Waals surface area contributed by atoms with Gasteiger partial charge in [0.2, 0.25) is 23.6 Å². The van der Waals surface area contributed by atoms with E-state index >= 15 is 0 Å². The maximum Gasteiger partial charge on any atom is 0.412 e. The Kier molecular flexibility index (Phi) is 24.4. The number of nitrogens with zero attached hydrogens (tertiary/aromatic N) is 2. The van der Waals surface area contributed by atoms with Gasteiger partial charge < -0.3 is 50.1 Å². The van der Waals surface area contributed by atoms with Crippen molar-refractivity contribution in [2.45, 2.75) is 167 Å². The lowest BCUT2D eigenvalue weighted by molar-refractivity contribution is -0.187. The molecule has 1 unspecified atom stereocenters. The summed E-state index contributed by atoms with van der Waals surface area (Å²) in [4.78, 5) is 121. The van der Waals surface area contributed by atoms with Crippen LogP contribution in [0, 0.1) is 23.7 Å². The minimum atomic E-state index is -1.64. The molecule has 2 aromatic carbocycles. The number of primary amides is 1. The quantitative estimate of drug-likeness (QED) is 0.0344. The summed E-state index contributed by atoms with van der Waals surface area (Å²) in [6.45, 7) is 11.2. The number of ketones is 2. The summed E-state index contributed by atoms with van der Waals surface area (Å²) in [6, 6.07) is 8.19. The van der Waals surface area contributed by atoms with E-state index in [4.69, 9.17) is 41.0 Å². The molecule has 6 rings (SSSR count). The van der Waals surface area contributed by atoms with Gasteiger partial charge in [0, 0.05) is 82.8 Å². The van der Waals surface area contributed by atoms with Crippen molar-refractivity contribution in [2.75, 3.05) is 44.6 Å². The maximum atomic E-state index is 14.4. The van der Waals surface area contributed by atoms with Crippen molar-refractivity contribution >= 4 is 89.8 Å². The number of imide groups is 1. The molecule has 0 saturated carbocycles. The number of urea groups is 1. The summed E-state index contributed by atoms with van der Waals surface area (Å²) >= 11 is 6.84. The van der Waals surface area contributed by atoms with Gasteiger partial charge in [-0.1, -0.05) is 81.7 Å². The van der Waals surface area contributed by atoms with E-state index in [9.17, 15) is 48.3 Å². The third-order valence-electron chi connectivity index (χ3n) is 16.1. The Morgan fingerprint density at radius 2 is 1.69 bits per heavy atom. The predicted molar refractivity (Wildman–Crippen MR) is 315 cm³/mol. The van der Waals surface area contributed by atoms with Crippen LogP contribution in [0.4, 0.5) is 21.0 Å². The number of aliphatic hydroxyl groups is 1. The Labute approximate surface area is 497 Å². The fourth-order valence-electron chi connectivity index (χ4n) is 11.1. The number of hydrogen-bond acceptors (Lipinski definition) is 15. The van der Waals surface area contributed by atoms with Gasteiger partial charge in [0.1, 0.15) is 46.1 Å². The number of benzene rings is 2. The van der Waals surface area contributed by atoms with Crippen molar-refractivity contribution in [2.24, 2.45) is 29.4 Å². The summed E-state index contributed by atoms with van der Waals surface area (Å²) in [6.07, 6.45) is 2.86. The van der Waals surface area contributed by atoms with Crippen LogP contribution in [0.5, 0.6) is 5.75 Å². The van der Waals surface area contributed by atoms with Crippen molar-refractivity contribution in [3.63, 3.8) is 0 Å². The number of Topliss-reactive ketones (excluding diaryl/α,β-unsaturated/α-hetero) is 2. The van der Waals surface area contributed by atoms with Gasteiger partial charge in [-0.3, -0.25) is 43.8 Å². The van der Waals surface area contributed by atoms with Gasteiger partial charge in [0.25, 0.3) is 0 Å². The summed E-state index contributed by atoms with van der Waals surface area (Å²) in [5.74, 6) is -3.93. The molecule has 0 spiro atoms. The van der Waals surface area contributed by atoms with Gasteiger partial charge >= 0.3 is 18.1 Å². The second-order valence-corrected chi connectivity index (χ2v) is 23.2. The van der Waals surface area contributed by atoms with Crippen LogP contribution in [0.15, 0.2) is 60.2 Å². The molecule has 456 valence electrons. The molecule has 4 heterocycles. The topological polar surface area (TPSA) is 292 Å². The summed E-state index contributed by atoms with van der Waals surface area (Å²) in [5.41, 5.74) is 5.19. The lowest BCUT2D eigenvalue weighted by Crippen LogP contribution is -2.53. The number of nitrogens with one attached hydrogen (secondary N) is 3. The number of carbonyl (C=O) groups is 9. The molecule has 4 aliphatic heterocycles. The average Bonchev–Trinajstić information content (AvgIpc) is 1.86. The van der Waals surface area contributed by atoms with Crippen molar-refractivity contribution in [1.82, 2.24) is 15.5 Å². The fraction of sp³-hybridized carbons (Fsp3) is 0.583. The van der Waals surface area contributed by atoms with Crippen molar-refractivity contribution < 1.29 is 71.9 Å². The number of likely N-dealkylation sites (tertiary alicyclic amines) is 1. The first kappa shape index (κ1) is 67.5. The van der Waals surface area contributed by atoms with Crippen molar-refractivity contribution in [3.05, 3.63) is 76.3 Å². The molecule has 7 amide bonds. The van der Waals surface area contributed by atoms with E-state index in [1.54, 1.807) is 76.4 Å². The number of fused-ring (bicyclic) bond motifs is 5. The number of amides is 7. The van der Waals surface area contributed by atoms with Gasteiger partial charge in [-0.05, 0) is 87.3 Å².